The molecule has 6 heterocycles. The molecule has 0 radical (unpaired) electrons. The molecular formula is C56H80N14O8. The number of hydrazone groups is 1. The van der Waals surface area contributed by atoms with Gasteiger partial charge < -0.3 is 40.2 Å². The van der Waals surface area contributed by atoms with Gasteiger partial charge in [0.2, 0.25) is 35.3 Å². The number of imidazole rings is 1. The first-order chi connectivity index (χ1) is 37.4. The van der Waals surface area contributed by atoms with E-state index in [0.29, 0.717) is 108 Å². The highest BCUT2D eigenvalue weighted by atomic mass is 16.5. The second kappa shape index (κ2) is 31.7. The molecule has 0 bridgehead atoms. The highest BCUT2D eigenvalue weighted by molar-refractivity contribution is 6.11. The van der Waals surface area contributed by atoms with Gasteiger partial charge in [-0.3, -0.25) is 38.9 Å². The summed E-state index contributed by atoms with van der Waals surface area (Å²) in [5.41, 5.74) is 15.0. The Morgan fingerprint density at radius 1 is 0.859 bits per heavy atom. The van der Waals surface area contributed by atoms with E-state index in [0.717, 1.165) is 5.71 Å². The third-order valence-corrected chi connectivity index (χ3v) is 11.5. The molecule has 78 heavy (non-hydrogen) atoms. The van der Waals surface area contributed by atoms with Crippen LogP contribution in [0.5, 0.6) is 5.75 Å². The summed E-state index contributed by atoms with van der Waals surface area (Å²) in [5.74, 6) is -0.116. The van der Waals surface area contributed by atoms with Crippen molar-refractivity contribution in [2.45, 2.75) is 135 Å². The topological polar surface area (TPSA) is 294 Å². The number of rotatable bonds is 22. The molecule has 6 N–H and O–H groups in total. The van der Waals surface area contributed by atoms with Crippen LogP contribution in [0.4, 0.5) is 5.95 Å². The van der Waals surface area contributed by atoms with Crippen molar-refractivity contribution in [2.75, 3.05) is 38.1 Å². The Hall–Kier alpha value is -8.30. The van der Waals surface area contributed by atoms with E-state index in [-0.39, 0.29) is 72.5 Å². The summed E-state index contributed by atoms with van der Waals surface area (Å²) >= 11 is 0. The van der Waals surface area contributed by atoms with E-state index in [4.69, 9.17) is 30.6 Å². The number of amides is 5. The van der Waals surface area contributed by atoms with Gasteiger partial charge in [-0.25, -0.2) is 24.9 Å². The quantitative estimate of drug-likeness (QED) is 0.0284. The maximum Gasteiger partial charge on any atom is 0.295 e. The average Bonchev–Trinajstić information content (AvgIpc) is 4.08. The number of carbonyl (C=O) groups excluding carboxylic acids is 6. The van der Waals surface area contributed by atoms with E-state index < -0.39 is 17.7 Å². The van der Waals surface area contributed by atoms with Crippen molar-refractivity contribution in [3.63, 3.8) is 0 Å². The minimum Gasteiger partial charge on any atom is -0.491 e. The Morgan fingerprint density at radius 2 is 1.51 bits per heavy atom. The molecule has 7 rings (SSSR count). The zero-order valence-electron chi connectivity index (χ0n) is 47.8. The number of ketones is 1. The Morgan fingerprint density at radius 3 is 2.12 bits per heavy atom. The maximum atomic E-state index is 13.6. The number of oxazole rings is 1. The van der Waals surface area contributed by atoms with Crippen molar-refractivity contribution in [2.24, 2.45) is 22.5 Å². The molecule has 1 aromatic carbocycles. The summed E-state index contributed by atoms with van der Waals surface area (Å²) in [7, 11) is 0. The summed E-state index contributed by atoms with van der Waals surface area (Å²) in [6.45, 7) is 31.1. The van der Waals surface area contributed by atoms with Gasteiger partial charge in [-0.2, -0.15) is 5.10 Å². The fourth-order valence-electron chi connectivity index (χ4n) is 7.86. The third kappa shape index (κ3) is 17.1. The van der Waals surface area contributed by atoms with Gasteiger partial charge in [0.05, 0.1) is 35.6 Å². The molecule has 1 aliphatic rings. The number of allylic oxidation sites excluding steroid dienone is 3. The number of hydrogen-bond acceptors (Lipinski definition) is 15. The number of primary amides is 2. The third-order valence-electron chi connectivity index (χ3n) is 11.5. The zero-order valence-corrected chi connectivity index (χ0v) is 47.8. The number of nitrogens with zero attached hydrogens (tertiary/aromatic N) is 10. The number of aromatic nitrogens is 7. The van der Waals surface area contributed by atoms with Gasteiger partial charge in [-0.1, -0.05) is 74.1 Å². The van der Waals surface area contributed by atoms with Gasteiger partial charge in [0, 0.05) is 87.8 Å². The number of hydrogen-bond donors (Lipinski definition) is 4. The Kier molecular flexibility index (Phi) is 26.0. The number of carbonyl (C=O) groups is 6. The minimum absolute atomic E-state index is 0.0139. The first kappa shape index (κ1) is 64.0. The molecule has 22 nitrogen and oxygen atoms in total. The normalized spacial score (nSPS) is 12.0. The van der Waals surface area contributed by atoms with Crippen LogP contribution < -0.4 is 26.8 Å². The highest BCUT2D eigenvalue weighted by Crippen LogP contribution is 2.36. The molecule has 0 aliphatic carbocycles. The van der Waals surface area contributed by atoms with Crippen LogP contribution in [0.3, 0.4) is 0 Å². The van der Waals surface area contributed by atoms with Gasteiger partial charge in [0.15, 0.2) is 17.4 Å². The van der Waals surface area contributed by atoms with Crippen LogP contribution in [-0.4, -0.2) is 118 Å². The van der Waals surface area contributed by atoms with Crippen molar-refractivity contribution in [1.82, 2.24) is 49.3 Å². The Labute approximate surface area is 457 Å². The number of Topliss-reactive ketones (excluding diaryl/α,β-unsaturated/α-hetero) is 1. The number of pyridine rings is 1. The molecule has 1 saturated heterocycles. The van der Waals surface area contributed by atoms with Crippen molar-refractivity contribution >= 4 is 80.1 Å². The molecule has 6 aromatic rings. The molecule has 0 saturated carbocycles. The predicted octanol–water partition coefficient (Wildman–Crippen LogP) is 8.10. The van der Waals surface area contributed by atoms with Gasteiger partial charge in [0.1, 0.15) is 22.7 Å². The lowest BCUT2D eigenvalue weighted by Gasteiger charge is -2.39. The number of nitrogens with one attached hydrogen (secondary N) is 2. The second-order valence-electron chi connectivity index (χ2n) is 17.2. The number of anilines is 1. The summed E-state index contributed by atoms with van der Waals surface area (Å²) in [6, 6.07) is 4.85. The number of aryl methyl sites for hydroxylation is 2. The fourth-order valence-corrected chi connectivity index (χ4v) is 7.86. The largest absolute Gasteiger partial charge is 0.491 e. The summed E-state index contributed by atoms with van der Waals surface area (Å²) in [6.07, 6.45) is 10.3. The molecule has 0 atom stereocenters. The number of ether oxygens (including phenoxy) is 1. The maximum absolute atomic E-state index is 13.6. The first-order valence-corrected chi connectivity index (χ1v) is 26.7. The van der Waals surface area contributed by atoms with Gasteiger partial charge in [0.25, 0.3) is 5.91 Å². The molecular weight excluding hydrogens is 997 g/mol. The van der Waals surface area contributed by atoms with Gasteiger partial charge in [-0.05, 0) is 70.7 Å². The molecule has 22 heteroatoms. The monoisotopic (exact) mass is 1080 g/mol. The Balaban J connectivity index is 0.00000150. The standard InChI is InChI=1S/C47H56N14O7.C3H6O.3C2H6/c1-7-27(5)57-59(10-4)26-37-51-23-33-32-19-30(42(48)64)21-36(67-18-14-29-24-58(25-29)39(63)13-15-50-38(62)9-3)40(32)60(44(33)55-37)16-11-12-17-61-45-35(20-31(22-52-45)43(49)65)54-47(61)56-46(66)41-34(8-2)53-28(6)68-41;1-3(2)4;3*1-2/h7,11-12,19-23,29H,1,8-10,13-18,24-26H2,2-6H3,(H2,48,64)(H2,49,65)(H,50,62)(H,54,56,66);1-2H3;3*1-2H3/b12-11+,57-27-;;;;. The second-order valence-corrected chi connectivity index (χ2v) is 17.2. The zero-order chi connectivity index (χ0) is 58.2. The first-order valence-electron chi connectivity index (χ1n) is 26.7. The number of nitrogens with two attached hydrogens (primary N) is 2. The van der Waals surface area contributed by atoms with E-state index in [1.807, 2.05) is 84.0 Å². The summed E-state index contributed by atoms with van der Waals surface area (Å²) in [4.78, 5) is 97.1. The van der Waals surface area contributed by atoms with E-state index in [1.54, 1.807) is 47.7 Å². The van der Waals surface area contributed by atoms with Crippen LogP contribution in [0.15, 0.2) is 64.9 Å². The molecule has 422 valence electrons. The molecule has 5 aromatic heterocycles. The van der Waals surface area contributed by atoms with Crippen molar-refractivity contribution in [1.29, 1.82) is 0 Å². The predicted molar refractivity (Wildman–Crippen MR) is 305 cm³/mol. The lowest BCUT2D eigenvalue weighted by Crippen LogP contribution is -2.50. The smallest absolute Gasteiger partial charge is 0.295 e. The van der Waals surface area contributed by atoms with E-state index >= 15 is 0 Å². The minimum atomic E-state index is -0.677. The lowest BCUT2D eigenvalue weighted by atomic mass is 9.96. The van der Waals surface area contributed by atoms with E-state index in [2.05, 4.69) is 37.3 Å². The number of likely N-dealkylation sites (tertiary alicyclic amines) is 1. The van der Waals surface area contributed by atoms with E-state index in [9.17, 15) is 28.8 Å². The van der Waals surface area contributed by atoms with Gasteiger partial charge >= 0.3 is 0 Å². The molecule has 0 unspecified atom stereocenters. The SMILES string of the molecule is C=C/C(C)=N\N(CC)Cc1ncc2c3cc(C(N)=O)cc(OCCC4CN(C(=O)CCNC(=O)CC)C4)c3n(C/C=C/Cn3c(NC(=O)c4oc(C)nc4CC)nc4cc(C(N)=O)cnc43)c2n1.CC.CC.CC.CC(C)=O. The van der Waals surface area contributed by atoms with Crippen LogP contribution >= 0.6 is 0 Å². The van der Waals surface area contributed by atoms with Crippen LogP contribution in [0, 0.1) is 12.8 Å². The number of benzene rings is 1. The average molecular weight is 1080 g/mol. The van der Waals surface area contributed by atoms with Crippen molar-refractivity contribution < 1.29 is 37.9 Å². The lowest BCUT2D eigenvalue weighted by molar-refractivity contribution is -0.137. The van der Waals surface area contributed by atoms with Crippen molar-refractivity contribution in [3.8, 4) is 5.75 Å². The van der Waals surface area contributed by atoms with Crippen LogP contribution in [0.2, 0.25) is 0 Å². The summed E-state index contributed by atoms with van der Waals surface area (Å²) < 4.78 is 15.8. The van der Waals surface area contributed by atoms with Gasteiger partial charge in [-0.15, -0.1) is 0 Å². The van der Waals surface area contributed by atoms with Crippen LogP contribution in [0.1, 0.15) is 151 Å². The molecule has 1 fully saturated rings. The van der Waals surface area contributed by atoms with Crippen molar-refractivity contribution in [3.05, 3.63) is 89.7 Å². The summed E-state index contributed by atoms with van der Waals surface area (Å²) in [5, 5.41) is 13.4. The fraction of sp³-hybridized carbons (Fsp3) is 0.464. The Bertz CT molecular complexity index is 3090. The van der Waals surface area contributed by atoms with Crippen LogP contribution in [0.25, 0.3) is 33.1 Å². The highest BCUT2D eigenvalue weighted by Gasteiger charge is 2.30. The number of fused-ring (bicyclic) bond motifs is 4. The van der Waals surface area contributed by atoms with Crippen LogP contribution in [-0.2, 0) is 40.4 Å². The molecule has 1 aliphatic heterocycles. The molecule has 5 amide bonds. The van der Waals surface area contributed by atoms with E-state index in [1.165, 1.54) is 26.1 Å². The molecule has 0 spiro atoms.